The molecule has 2 aromatic heterocycles. The lowest BCUT2D eigenvalue weighted by molar-refractivity contribution is 0.629. The number of para-hydroxylation sites is 1. The average molecular weight is 318 g/mol. The van der Waals surface area contributed by atoms with Crippen LogP contribution in [0.15, 0.2) is 54.6 Å². The van der Waals surface area contributed by atoms with E-state index in [1.165, 1.54) is 6.07 Å². The molecule has 0 amide bonds. The minimum atomic E-state index is -0.205. The molecular weight excluding hydrogens is 299 g/mol. The molecule has 0 saturated carbocycles. The molecule has 1 atom stereocenters. The Morgan fingerprint density at radius 1 is 1.08 bits per heavy atom. The number of hydrogen-bond acceptors (Lipinski definition) is 1. The van der Waals surface area contributed by atoms with Crippen molar-refractivity contribution in [2.24, 2.45) is 0 Å². The maximum absolute atomic E-state index is 13.8. The van der Waals surface area contributed by atoms with E-state index in [4.69, 9.17) is 4.98 Å². The molecule has 0 spiro atoms. The number of hydrogen-bond donors (Lipinski definition) is 1. The van der Waals surface area contributed by atoms with Gasteiger partial charge in [0.2, 0.25) is 0 Å². The molecule has 0 radical (unpaired) electrons. The van der Waals surface area contributed by atoms with Crippen molar-refractivity contribution in [2.75, 3.05) is 0 Å². The van der Waals surface area contributed by atoms with Gasteiger partial charge in [0, 0.05) is 33.6 Å². The Hall–Kier alpha value is -2.68. The fraction of sp³-hybridized carbons (Fsp3) is 0.190. The number of halogens is 1. The summed E-state index contributed by atoms with van der Waals surface area (Å²) in [6.45, 7) is 4.20. The molecule has 0 fully saturated rings. The van der Waals surface area contributed by atoms with Gasteiger partial charge in [-0.05, 0) is 49.2 Å². The molecule has 2 heterocycles. The van der Waals surface area contributed by atoms with Crippen molar-refractivity contribution < 1.29 is 4.39 Å². The zero-order valence-corrected chi connectivity index (χ0v) is 13.8. The van der Waals surface area contributed by atoms with Gasteiger partial charge in [-0.1, -0.05) is 31.2 Å². The number of rotatable bonds is 3. The zero-order chi connectivity index (χ0) is 16.7. The maximum Gasteiger partial charge on any atom is 0.123 e. The molecule has 0 aliphatic heterocycles. The van der Waals surface area contributed by atoms with Crippen LogP contribution in [0.1, 0.15) is 36.2 Å². The fourth-order valence-corrected chi connectivity index (χ4v) is 3.61. The van der Waals surface area contributed by atoms with Crippen LogP contribution in [0.3, 0.4) is 0 Å². The topological polar surface area (TPSA) is 28.7 Å². The number of pyridine rings is 1. The number of aromatic nitrogens is 2. The van der Waals surface area contributed by atoms with Crippen LogP contribution in [0.2, 0.25) is 0 Å². The highest BCUT2D eigenvalue weighted by atomic mass is 19.1. The molecule has 1 unspecified atom stereocenters. The Morgan fingerprint density at radius 2 is 1.92 bits per heavy atom. The lowest BCUT2D eigenvalue weighted by Crippen LogP contribution is -2.04. The monoisotopic (exact) mass is 318 g/mol. The molecule has 4 aromatic rings. The number of aromatic amines is 1. The Kier molecular flexibility index (Phi) is 3.57. The molecule has 0 saturated heterocycles. The summed E-state index contributed by atoms with van der Waals surface area (Å²) in [6.07, 6.45) is 0.912. The Bertz CT molecular complexity index is 1030. The van der Waals surface area contributed by atoms with E-state index in [0.29, 0.717) is 0 Å². The smallest absolute Gasteiger partial charge is 0.123 e. The van der Waals surface area contributed by atoms with E-state index in [1.807, 2.05) is 24.3 Å². The molecule has 0 aliphatic carbocycles. The molecule has 2 nitrogen and oxygen atoms in total. The Morgan fingerprint density at radius 3 is 2.75 bits per heavy atom. The molecule has 24 heavy (non-hydrogen) atoms. The summed E-state index contributed by atoms with van der Waals surface area (Å²) >= 11 is 0. The second kappa shape index (κ2) is 5.75. The molecule has 1 N–H and O–H groups in total. The average Bonchev–Trinajstić information content (AvgIpc) is 2.91. The van der Waals surface area contributed by atoms with Crippen molar-refractivity contribution in [3.63, 3.8) is 0 Å². The highest BCUT2D eigenvalue weighted by Gasteiger charge is 2.21. The zero-order valence-electron chi connectivity index (χ0n) is 13.8. The van der Waals surface area contributed by atoms with Gasteiger partial charge in [-0.25, -0.2) is 4.39 Å². The maximum atomic E-state index is 13.8. The first-order chi connectivity index (χ1) is 11.7. The molecule has 120 valence electrons. The summed E-state index contributed by atoms with van der Waals surface area (Å²) in [5.41, 5.74) is 5.23. The van der Waals surface area contributed by atoms with E-state index in [-0.39, 0.29) is 11.7 Å². The van der Waals surface area contributed by atoms with Crippen LogP contribution in [0.25, 0.3) is 21.8 Å². The van der Waals surface area contributed by atoms with E-state index in [2.05, 4.69) is 37.0 Å². The number of fused-ring (bicyclic) bond motifs is 2. The summed E-state index contributed by atoms with van der Waals surface area (Å²) in [5.74, 6) is -0.0609. The van der Waals surface area contributed by atoms with E-state index < -0.39 is 0 Å². The summed E-state index contributed by atoms with van der Waals surface area (Å²) in [4.78, 5) is 8.25. The third kappa shape index (κ3) is 2.37. The highest BCUT2D eigenvalue weighted by Crippen LogP contribution is 2.35. The van der Waals surface area contributed by atoms with E-state index >= 15 is 0 Å². The molecule has 3 heteroatoms. The lowest BCUT2D eigenvalue weighted by Gasteiger charge is -2.16. The minimum absolute atomic E-state index is 0.144. The quantitative estimate of drug-likeness (QED) is 0.515. The summed E-state index contributed by atoms with van der Waals surface area (Å²) in [6, 6.07) is 17.3. The predicted molar refractivity (Wildman–Crippen MR) is 96.9 cm³/mol. The van der Waals surface area contributed by atoms with Crippen molar-refractivity contribution in [1.82, 2.24) is 9.97 Å². The number of H-pyrrole nitrogens is 1. The Labute approximate surface area is 140 Å². The third-order valence-corrected chi connectivity index (χ3v) is 4.73. The van der Waals surface area contributed by atoms with Gasteiger partial charge in [0.1, 0.15) is 5.82 Å². The van der Waals surface area contributed by atoms with Crippen molar-refractivity contribution >= 4 is 21.8 Å². The van der Waals surface area contributed by atoms with Gasteiger partial charge >= 0.3 is 0 Å². The second-order valence-corrected chi connectivity index (χ2v) is 6.24. The van der Waals surface area contributed by atoms with Gasteiger partial charge in [-0.3, -0.25) is 4.98 Å². The number of nitrogens with zero attached hydrogens (tertiary/aromatic N) is 1. The van der Waals surface area contributed by atoms with Gasteiger partial charge in [0.05, 0.1) is 5.52 Å². The first-order valence-corrected chi connectivity index (χ1v) is 8.30. The third-order valence-electron chi connectivity index (χ3n) is 4.73. The second-order valence-electron chi connectivity index (χ2n) is 6.24. The van der Waals surface area contributed by atoms with Crippen molar-refractivity contribution in [2.45, 2.75) is 26.2 Å². The number of nitrogens with one attached hydrogen (secondary N) is 1. The van der Waals surface area contributed by atoms with Crippen LogP contribution in [0, 0.1) is 12.7 Å². The van der Waals surface area contributed by atoms with Crippen molar-refractivity contribution in [3.8, 4) is 0 Å². The summed E-state index contributed by atoms with van der Waals surface area (Å²) < 4.78 is 13.8. The molecular formula is C21H19FN2. The highest BCUT2D eigenvalue weighted by molar-refractivity contribution is 5.86. The molecule has 0 bridgehead atoms. The van der Waals surface area contributed by atoms with E-state index in [1.54, 1.807) is 6.07 Å². The minimum Gasteiger partial charge on any atom is -0.358 e. The fourth-order valence-electron chi connectivity index (χ4n) is 3.61. The standard InChI is InChI=1S/C21H19FN2/c1-3-16(19-10-8-14-6-4-5-7-18(14)24-19)21-13(2)23-20-11-9-15(22)12-17(20)21/h4-12,16,23H,3H2,1-2H3. The normalized spacial score (nSPS) is 12.8. The van der Waals surface area contributed by atoms with Gasteiger partial charge in [0.15, 0.2) is 0 Å². The van der Waals surface area contributed by atoms with Gasteiger partial charge in [-0.15, -0.1) is 0 Å². The molecule has 2 aromatic carbocycles. The number of benzene rings is 2. The molecule has 0 aliphatic rings. The van der Waals surface area contributed by atoms with Crippen molar-refractivity contribution in [1.29, 1.82) is 0 Å². The van der Waals surface area contributed by atoms with Crippen LogP contribution in [0.5, 0.6) is 0 Å². The Balaban J connectivity index is 1.91. The number of aryl methyl sites for hydroxylation is 1. The first kappa shape index (κ1) is 14.9. The van der Waals surface area contributed by atoms with Gasteiger partial charge < -0.3 is 4.98 Å². The first-order valence-electron chi connectivity index (χ1n) is 8.30. The van der Waals surface area contributed by atoms with Crippen LogP contribution in [-0.2, 0) is 0 Å². The van der Waals surface area contributed by atoms with Gasteiger partial charge in [0.25, 0.3) is 0 Å². The van der Waals surface area contributed by atoms with Crippen LogP contribution >= 0.6 is 0 Å². The summed E-state index contributed by atoms with van der Waals surface area (Å²) in [5, 5.41) is 2.09. The van der Waals surface area contributed by atoms with Crippen LogP contribution in [-0.4, -0.2) is 9.97 Å². The van der Waals surface area contributed by atoms with E-state index in [0.717, 1.165) is 45.2 Å². The molecule has 4 rings (SSSR count). The van der Waals surface area contributed by atoms with Crippen molar-refractivity contribution in [3.05, 3.63) is 77.4 Å². The lowest BCUT2D eigenvalue weighted by atomic mass is 9.90. The van der Waals surface area contributed by atoms with Crippen LogP contribution < -0.4 is 0 Å². The predicted octanol–water partition coefficient (Wildman–Crippen LogP) is 5.71. The summed E-state index contributed by atoms with van der Waals surface area (Å²) in [7, 11) is 0. The SMILES string of the molecule is CCC(c1ccc2ccccc2n1)c1c(C)[nH]c2ccc(F)cc12. The largest absolute Gasteiger partial charge is 0.358 e. The van der Waals surface area contributed by atoms with E-state index in [9.17, 15) is 4.39 Å². The van der Waals surface area contributed by atoms with Crippen LogP contribution in [0.4, 0.5) is 4.39 Å². The van der Waals surface area contributed by atoms with Gasteiger partial charge in [-0.2, -0.15) is 0 Å².